The third-order valence-electron chi connectivity index (χ3n) is 3.97. The van der Waals surface area contributed by atoms with E-state index in [4.69, 9.17) is 0 Å². The predicted octanol–water partition coefficient (Wildman–Crippen LogP) is 1.34. The quantitative estimate of drug-likeness (QED) is 0.904. The molecule has 1 aliphatic rings. The van der Waals surface area contributed by atoms with Gasteiger partial charge in [0, 0.05) is 37.9 Å². The first-order valence-corrected chi connectivity index (χ1v) is 7.54. The number of hydrogen-bond acceptors (Lipinski definition) is 3. The van der Waals surface area contributed by atoms with Crippen LogP contribution in [-0.2, 0) is 24.3 Å². The fourth-order valence-corrected chi connectivity index (χ4v) is 2.73. The predicted molar refractivity (Wildman–Crippen MR) is 80.6 cm³/mol. The van der Waals surface area contributed by atoms with Crippen LogP contribution in [0.15, 0.2) is 30.7 Å². The van der Waals surface area contributed by atoms with Gasteiger partial charge < -0.3 is 9.88 Å². The topological polar surface area (TPSA) is 50.2 Å². The van der Waals surface area contributed by atoms with Gasteiger partial charge in [0.25, 0.3) is 0 Å². The van der Waals surface area contributed by atoms with Crippen LogP contribution in [0.1, 0.15) is 11.3 Å². The molecule has 1 aromatic carbocycles. The minimum atomic E-state index is -0.580. The average molecular weight is 320 g/mol. The summed E-state index contributed by atoms with van der Waals surface area (Å²) in [6.07, 6.45) is 3.72. The maximum Gasteiger partial charge on any atom is 0.234 e. The largest absolute Gasteiger partial charge is 0.355 e. The van der Waals surface area contributed by atoms with E-state index in [-0.39, 0.29) is 31.0 Å². The maximum absolute atomic E-state index is 13.5. The second kappa shape index (κ2) is 6.87. The molecule has 0 fully saturated rings. The first-order valence-electron chi connectivity index (χ1n) is 7.54. The number of halogens is 2. The minimum absolute atomic E-state index is 0.00896. The number of fused-ring (bicyclic) bond motifs is 1. The van der Waals surface area contributed by atoms with Crippen LogP contribution >= 0.6 is 0 Å². The third kappa shape index (κ3) is 3.73. The highest BCUT2D eigenvalue weighted by molar-refractivity contribution is 5.78. The maximum atomic E-state index is 13.5. The highest BCUT2D eigenvalue weighted by Crippen LogP contribution is 2.12. The van der Waals surface area contributed by atoms with E-state index in [1.807, 2.05) is 4.90 Å². The number of aromatic nitrogens is 2. The van der Waals surface area contributed by atoms with Crippen LogP contribution in [0.2, 0.25) is 0 Å². The smallest absolute Gasteiger partial charge is 0.234 e. The lowest BCUT2D eigenvalue weighted by atomic mass is 10.1. The van der Waals surface area contributed by atoms with E-state index in [0.29, 0.717) is 6.54 Å². The molecule has 0 spiro atoms. The second-order valence-corrected chi connectivity index (χ2v) is 5.59. The Kier molecular flexibility index (Phi) is 4.66. The van der Waals surface area contributed by atoms with Crippen molar-refractivity contribution in [2.45, 2.75) is 19.5 Å². The average Bonchev–Trinajstić information content (AvgIpc) is 2.98. The molecule has 0 saturated heterocycles. The van der Waals surface area contributed by atoms with Crippen molar-refractivity contribution in [3.8, 4) is 0 Å². The molecule has 3 rings (SSSR count). The van der Waals surface area contributed by atoms with Crippen LogP contribution in [0.4, 0.5) is 8.78 Å². The molecule has 23 heavy (non-hydrogen) atoms. The Morgan fingerprint density at radius 2 is 2.04 bits per heavy atom. The molecule has 1 amide bonds. The van der Waals surface area contributed by atoms with Gasteiger partial charge in [-0.2, -0.15) is 0 Å². The van der Waals surface area contributed by atoms with Crippen LogP contribution in [0.3, 0.4) is 0 Å². The SMILES string of the molecule is O=C(CN1CCn2cncc2C1)NCCc1c(F)cccc1F. The molecule has 122 valence electrons. The summed E-state index contributed by atoms with van der Waals surface area (Å²) in [6, 6.07) is 3.77. The van der Waals surface area contributed by atoms with Gasteiger partial charge in [0.2, 0.25) is 5.91 Å². The number of imidazole rings is 1. The number of amides is 1. The third-order valence-corrected chi connectivity index (χ3v) is 3.97. The van der Waals surface area contributed by atoms with Crippen LogP contribution < -0.4 is 5.32 Å². The van der Waals surface area contributed by atoms with Crippen molar-refractivity contribution in [2.24, 2.45) is 0 Å². The van der Waals surface area contributed by atoms with Gasteiger partial charge in [-0.3, -0.25) is 9.69 Å². The van der Waals surface area contributed by atoms with Crippen molar-refractivity contribution in [2.75, 3.05) is 19.6 Å². The molecular formula is C16H18F2N4O. The molecule has 7 heteroatoms. The monoisotopic (exact) mass is 320 g/mol. The summed E-state index contributed by atoms with van der Waals surface area (Å²) in [5.41, 5.74) is 1.09. The summed E-state index contributed by atoms with van der Waals surface area (Å²) in [6.45, 7) is 2.74. The zero-order valence-electron chi connectivity index (χ0n) is 12.6. The van der Waals surface area contributed by atoms with Gasteiger partial charge in [-0.25, -0.2) is 13.8 Å². The fourth-order valence-electron chi connectivity index (χ4n) is 2.73. The molecule has 2 aromatic rings. The lowest BCUT2D eigenvalue weighted by Crippen LogP contribution is -2.41. The summed E-state index contributed by atoms with van der Waals surface area (Å²) >= 11 is 0. The summed E-state index contributed by atoms with van der Waals surface area (Å²) < 4.78 is 29.0. The lowest BCUT2D eigenvalue weighted by molar-refractivity contribution is -0.122. The van der Waals surface area contributed by atoms with E-state index >= 15 is 0 Å². The minimum Gasteiger partial charge on any atom is -0.355 e. The van der Waals surface area contributed by atoms with E-state index in [9.17, 15) is 13.6 Å². The first kappa shape index (κ1) is 15.6. The molecule has 0 atom stereocenters. The van der Waals surface area contributed by atoms with Crippen molar-refractivity contribution in [1.29, 1.82) is 0 Å². The van der Waals surface area contributed by atoms with Crippen LogP contribution in [0.25, 0.3) is 0 Å². The molecule has 2 heterocycles. The molecule has 0 aliphatic carbocycles. The highest BCUT2D eigenvalue weighted by Gasteiger charge is 2.18. The number of benzene rings is 1. The van der Waals surface area contributed by atoms with Crippen LogP contribution in [-0.4, -0.2) is 40.0 Å². The zero-order valence-corrected chi connectivity index (χ0v) is 12.6. The molecule has 1 aromatic heterocycles. The Hall–Kier alpha value is -2.28. The summed E-state index contributed by atoms with van der Waals surface area (Å²) in [5.74, 6) is -1.30. The van der Waals surface area contributed by atoms with Crippen LogP contribution in [0, 0.1) is 11.6 Å². The van der Waals surface area contributed by atoms with Crippen molar-refractivity contribution < 1.29 is 13.6 Å². The normalized spacial score (nSPS) is 14.5. The molecule has 0 bridgehead atoms. The van der Waals surface area contributed by atoms with Gasteiger partial charge in [-0.05, 0) is 18.6 Å². The fraction of sp³-hybridized carbons (Fsp3) is 0.375. The standard InChI is InChI=1S/C16H18F2N4O/c17-14-2-1-3-15(18)13(14)4-5-20-16(23)10-21-6-7-22-11-19-8-12(22)9-21/h1-3,8,11H,4-7,9-10H2,(H,20,23). The molecule has 0 saturated carbocycles. The van der Waals surface area contributed by atoms with Gasteiger partial charge in [-0.15, -0.1) is 0 Å². The van der Waals surface area contributed by atoms with Crippen molar-refractivity contribution in [1.82, 2.24) is 19.8 Å². The van der Waals surface area contributed by atoms with Gasteiger partial charge in [0.15, 0.2) is 0 Å². The van der Waals surface area contributed by atoms with E-state index in [2.05, 4.69) is 14.9 Å². The summed E-state index contributed by atoms with van der Waals surface area (Å²) in [4.78, 5) is 18.1. The van der Waals surface area contributed by atoms with Gasteiger partial charge in [0.1, 0.15) is 11.6 Å². The first-order chi connectivity index (χ1) is 11.1. The number of carbonyl (C=O) groups excluding carboxylic acids is 1. The zero-order chi connectivity index (χ0) is 16.2. The Morgan fingerprint density at radius 1 is 1.26 bits per heavy atom. The van der Waals surface area contributed by atoms with E-state index in [1.165, 1.54) is 18.2 Å². The highest BCUT2D eigenvalue weighted by atomic mass is 19.1. The van der Waals surface area contributed by atoms with Crippen molar-refractivity contribution in [3.63, 3.8) is 0 Å². The number of nitrogens with one attached hydrogen (secondary N) is 1. The van der Waals surface area contributed by atoms with Gasteiger partial charge in [-0.1, -0.05) is 6.07 Å². The Morgan fingerprint density at radius 3 is 2.83 bits per heavy atom. The number of hydrogen-bond donors (Lipinski definition) is 1. The molecule has 5 nitrogen and oxygen atoms in total. The Bertz CT molecular complexity index is 681. The van der Waals surface area contributed by atoms with Gasteiger partial charge >= 0.3 is 0 Å². The Balaban J connectivity index is 1.45. The van der Waals surface area contributed by atoms with Crippen LogP contribution in [0.5, 0.6) is 0 Å². The van der Waals surface area contributed by atoms with Crippen molar-refractivity contribution >= 4 is 5.91 Å². The number of nitrogens with zero attached hydrogens (tertiary/aromatic N) is 3. The summed E-state index contributed by atoms with van der Waals surface area (Å²) in [7, 11) is 0. The molecule has 1 N–H and O–H groups in total. The second-order valence-electron chi connectivity index (χ2n) is 5.59. The molecule has 0 unspecified atom stereocenters. The van der Waals surface area contributed by atoms with E-state index in [1.54, 1.807) is 12.5 Å². The van der Waals surface area contributed by atoms with Gasteiger partial charge in [0.05, 0.1) is 18.6 Å². The Labute approximate surface area is 132 Å². The lowest BCUT2D eigenvalue weighted by Gasteiger charge is -2.27. The summed E-state index contributed by atoms with van der Waals surface area (Å²) in [5, 5.41) is 2.71. The number of rotatable bonds is 5. The molecule has 1 aliphatic heterocycles. The molecular weight excluding hydrogens is 302 g/mol. The van der Waals surface area contributed by atoms with E-state index in [0.717, 1.165) is 18.8 Å². The van der Waals surface area contributed by atoms with E-state index < -0.39 is 11.6 Å². The number of carbonyl (C=O) groups is 1. The van der Waals surface area contributed by atoms with Crippen molar-refractivity contribution in [3.05, 3.63) is 53.6 Å². The molecule has 0 radical (unpaired) electrons.